The molecule has 0 aromatic heterocycles. The molecule has 0 spiro atoms. The van der Waals surface area contributed by atoms with Gasteiger partial charge in [0.1, 0.15) is 11.6 Å². The van der Waals surface area contributed by atoms with Crippen molar-refractivity contribution in [2.45, 2.75) is 77.1 Å². The first-order valence-electron chi connectivity index (χ1n) is 15.0. The second-order valence-corrected chi connectivity index (χ2v) is 12.0. The third kappa shape index (κ3) is 11.1. The molecule has 0 radical (unpaired) electrons. The van der Waals surface area contributed by atoms with E-state index in [1.54, 1.807) is 51.1 Å². The summed E-state index contributed by atoms with van der Waals surface area (Å²) in [5.74, 6) is -3.77. The summed E-state index contributed by atoms with van der Waals surface area (Å²) >= 11 is 0. The number of benzene rings is 2. The van der Waals surface area contributed by atoms with Gasteiger partial charge < -0.3 is 24.8 Å². The predicted molar refractivity (Wildman–Crippen MR) is 160 cm³/mol. The molecule has 1 saturated heterocycles. The van der Waals surface area contributed by atoms with Crippen LogP contribution in [-0.2, 0) is 41.2 Å². The van der Waals surface area contributed by atoms with Gasteiger partial charge in [0.25, 0.3) is 0 Å². The summed E-state index contributed by atoms with van der Waals surface area (Å²) in [7, 11) is 1.22. The largest absolute Gasteiger partial charge is 0.467 e. The monoisotopic (exact) mass is 634 g/mol. The Hall–Kier alpha value is -4.09. The highest BCUT2D eigenvalue weighted by molar-refractivity contribution is 5.89. The fraction of sp³-hybridized carbons (Fsp3) is 0.515. The van der Waals surface area contributed by atoms with Crippen LogP contribution in [0.1, 0.15) is 64.0 Å². The minimum absolute atomic E-state index is 0.00986. The molecule has 2 aromatic carbocycles. The number of amides is 2. The summed E-state index contributed by atoms with van der Waals surface area (Å²) in [6.07, 6.45) is -3.37. The standard InChI is InChI=1S/C33H41F3N2O7/c1-32(2,3)45-29(40)25-11-8-18-44-31(42)37-17-6-5-12-27(30(41)43-4)38-28(39)26(25)19-21-13-15-22(16-14-21)23-9-7-10-24(20-23)33(34,35)36/h7,9-10,13-16,20,25-27H,5-6,8,11-12,17-19H2,1-4H3,(H,37,42)(H,38,39)/t25-,26+,27-/m0/s1. The van der Waals surface area contributed by atoms with Gasteiger partial charge in [-0.05, 0) is 88.1 Å². The molecule has 9 nitrogen and oxygen atoms in total. The summed E-state index contributed by atoms with van der Waals surface area (Å²) in [5, 5.41) is 5.42. The molecule has 2 N–H and O–H groups in total. The van der Waals surface area contributed by atoms with Gasteiger partial charge in [-0.2, -0.15) is 13.2 Å². The van der Waals surface area contributed by atoms with Gasteiger partial charge in [0, 0.05) is 6.54 Å². The first kappa shape index (κ1) is 35.4. The van der Waals surface area contributed by atoms with Crippen molar-refractivity contribution < 1.29 is 46.6 Å². The maximum atomic E-state index is 13.9. The molecule has 12 heteroatoms. The van der Waals surface area contributed by atoms with Crippen molar-refractivity contribution in [3.63, 3.8) is 0 Å². The van der Waals surface area contributed by atoms with Crippen molar-refractivity contribution in [1.29, 1.82) is 0 Å². The SMILES string of the molecule is COC(=O)[C@@H]1CCCCNC(=O)OCCC[C@H](C(=O)OC(C)(C)C)[C@@H](Cc2ccc(-c3cccc(C(F)(F)F)c3)cc2)C(=O)N1. The lowest BCUT2D eigenvalue weighted by molar-refractivity contribution is -0.164. The fourth-order valence-electron chi connectivity index (χ4n) is 5.09. The van der Waals surface area contributed by atoms with Gasteiger partial charge in [-0.15, -0.1) is 0 Å². The lowest BCUT2D eigenvalue weighted by Crippen LogP contribution is -2.48. The molecule has 246 valence electrons. The number of cyclic esters (lactones) is 1. The maximum absolute atomic E-state index is 13.9. The zero-order chi connectivity index (χ0) is 33.2. The summed E-state index contributed by atoms with van der Waals surface area (Å²) in [4.78, 5) is 52.1. The van der Waals surface area contributed by atoms with Crippen molar-refractivity contribution in [3.8, 4) is 11.1 Å². The Kier molecular flexibility index (Phi) is 12.4. The smallest absolute Gasteiger partial charge is 0.416 e. The molecule has 0 saturated carbocycles. The van der Waals surface area contributed by atoms with Gasteiger partial charge >= 0.3 is 24.2 Å². The number of rotatable bonds is 5. The van der Waals surface area contributed by atoms with Crippen LogP contribution in [0.5, 0.6) is 0 Å². The Morgan fingerprint density at radius 3 is 2.29 bits per heavy atom. The van der Waals surface area contributed by atoms with Gasteiger partial charge in [-0.25, -0.2) is 9.59 Å². The van der Waals surface area contributed by atoms with E-state index in [2.05, 4.69) is 10.6 Å². The van der Waals surface area contributed by atoms with E-state index in [1.165, 1.54) is 13.2 Å². The van der Waals surface area contributed by atoms with Crippen molar-refractivity contribution in [2.75, 3.05) is 20.3 Å². The van der Waals surface area contributed by atoms with E-state index in [1.807, 2.05) is 0 Å². The summed E-state index contributed by atoms with van der Waals surface area (Å²) in [6.45, 7) is 5.45. The summed E-state index contributed by atoms with van der Waals surface area (Å²) in [5.41, 5.74) is -0.0615. The molecular weight excluding hydrogens is 593 g/mol. The van der Waals surface area contributed by atoms with E-state index in [0.29, 0.717) is 36.1 Å². The highest BCUT2D eigenvalue weighted by Crippen LogP contribution is 2.33. The van der Waals surface area contributed by atoms with E-state index < -0.39 is 59.2 Å². The molecule has 1 heterocycles. The number of carbonyl (C=O) groups excluding carboxylic acids is 4. The van der Waals surface area contributed by atoms with Gasteiger partial charge in [0.15, 0.2) is 0 Å². The molecule has 1 aliphatic heterocycles. The van der Waals surface area contributed by atoms with E-state index in [0.717, 1.165) is 12.1 Å². The van der Waals surface area contributed by atoms with Crippen LogP contribution in [0.4, 0.5) is 18.0 Å². The second-order valence-electron chi connectivity index (χ2n) is 12.0. The Morgan fingerprint density at radius 2 is 1.64 bits per heavy atom. The third-order valence-corrected chi connectivity index (χ3v) is 7.35. The second kappa shape index (κ2) is 15.8. The predicted octanol–water partition coefficient (Wildman–Crippen LogP) is 5.84. The summed E-state index contributed by atoms with van der Waals surface area (Å²) < 4.78 is 55.6. The number of hydrogen-bond acceptors (Lipinski definition) is 7. The quantitative estimate of drug-likeness (QED) is 0.313. The number of hydrogen-bond donors (Lipinski definition) is 2. The highest BCUT2D eigenvalue weighted by Gasteiger charge is 2.38. The van der Waals surface area contributed by atoms with Gasteiger partial charge in [0.05, 0.1) is 31.1 Å². The number of halogens is 3. The lowest BCUT2D eigenvalue weighted by atomic mass is 9.82. The maximum Gasteiger partial charge on any atom is 0.416 e. The topological polar surface area (TPSA) is 120 Å². The Labute approximate surface area is 261 Å². The van der Waals surface area contributed by atoms with Crippen LogP contribution in [0.25, 0.3) is 11.1 Å². The average molecular weight is 635 g/mol. The van der Waals surface area contributed by atoms with Crippen LogP contribution in [0.3, 0.4) is 0 Å². The lowest BCUT2D eigenvalue weighted by Gasteiger charge is -2.30. The van der Waals surface area contributed by atoms with Crippen LogP contribution in [0.15, 0.2) is 48.5 Å². The number of alkyl halides is 3. The molecule has 0 unspecified atom stereocenters. The Morgan fingerprint density at radius 1 is 0.933 bits per heavy atom. The third-order valence-electron chi connectivity index (χ3n) is 7.35. The number of esters is 2. The minimum Gasteiger partial charge on any atom is -0.467 e. The van der Waals surface area contributed by atoms with Gasteiger partial charge in [-0.1, -0.05) is 36.4 Å². The molecule has 1 aliphatic rings. The summed E-state index contributed by atoms with van der Waals surface area (Å²) in [6, 6.07) is 10.7. The van der Waals surface area contributed by atoms with E-state index in [4.69, 9.17) is 14.2 Å². The zero-order valence-corrected chi connectivity index (χ0v) is 26.0. The Bertz CT molecular complexity index is 1320. The van der Waals surface area contributed by atoms with Crippen LogP contribution in [0, 0.1) is 11.8 Å². The molecule has 2 amide bonds. The van der Waals surface area contributed by atoms with Crippen LogP contribution >= 0.6 is 0 Å². The molecule has 45 heavy (non-hydrogen) atoms. The van der Waals surface area contributed by atoms with Crippen LogP contribution in [0.2, 0.25) is 0 Å². The van der Waals surface area contributed by atoms with Crippen LogP contribution in [-0.4, -0.2) is 55.8 Å². The van der Waals surface area contributed by atoms with Gasteiger partial charge in [0.2, 0.25) is 5.91 Å². The average Bonchev–Trinajstić information content (AvgIpc) is 2.98. The van der Waals surface area contributed by atoms with Crippen molar-refractivity contribution in [2.24, 2.45) is 11.8 Å². The first-order chi connectivity index (χ1) is 21.2. The van der Waals surface area contributed by atoms with Crippen molar-refractivity contribution >= 4 is 23.9 Å². The van der Waals surface area contributed by atoms with E-state index in [-0.39, 0.29) is 32.3 Å². The molecule has 3 rings (SSSR count). The highest BCUT2D eigenvalue weighted by atomic mass is 19.4. The van der Waals surface area contributed by atoms with Crippen molar-refractivity contribution in [1.82, 2.24) is 10.6 Å². The number of carbonyl (C=O) groups is 4. The zero-order valence-electron chi connectivity index (χ0n) is 26.0. The molecular formula is C33H41F3N2O7. The molecule has 1 fully saturated rings. The normalized spacial score (nSPS) is 20.8. The number of nitrogens with one attached hydrogen (secondary N) is 2. The van der Waals surface area contributed by atoms with Crippen LogP contribution < -0.4 is 10.6 Å². The first-order valence-corrected chi connectivity index (χ1v) is 15.0. The van der Waals surface area contributed by atoms with Crippen molar-refractivity contribution in [3.05, 3.63) is 59.7 Å². The number of ether oxygens (including phenoxy) is 3. The number of methoxy groups -OCH3 is 1. The Balaban J connectivity index is 1.97. The number of alkyl carbamates (subject to hydrolysis) is 1. The fourth-order valence-corrected chi connectivity index (χ4v) is 5.09. The molecule has 0 aliphatic carbocycles. The molecule has 3 atom stereocenters. The minimum atomic E-state index is -4.48. The van der Waals surface area contributed by atoms with E-state index in [9.17, 15) is 32.3 Å². The van der Waals surface area contributed by atoms with Gasteiger partial charge in [-0.3, -0.25) is 9.59 Å². The molecule has 2 aromatic rings. The molecule has 0 bridgehead atoms. The van der Waals surface area contributed by atoms with E-state index >= 15 is 0 Å².